The van der Waals surface area contributed by atoms with Gasteiger partial charge in [-0.05, 0) is 77.8 Å². The maximum Gasteiger partial charge on any atom is 0.255 e. The van der Waals surface area contributed by atoms with Crippen LogP contribution in [-0.4, -0.2) is 45.5 Å². The third-order valence-electron chi connectivity index (χ3n) is 11.6. The highest BCUT2D eigenvalue weighted by Gasteiger charge is 2.63. The lowest BCUT2D eigenvalue weighted by Gasteiger charge is -2.50. The van der Waals surface area contributed by atoms with Crippen molar-refractivity contribution in [2.75, 3.05) is 7.11 Å². The van der Waals surface area contributed by atoms with Crippen molar-refractivity contribution in [1.82, 2.24) is 0 Å². The molecule has 0 aliphatic heterocycles. The number of Topliss-reactive ketones (excluding diaryl/α,β-unsaturated/α-hetero) is 2. The Morgan fingerprint density at radius 3 is 2.43 bits per heavy atom. The molecule has 0 radical (unpaired) electrons. The van der Waals surface area contributed by atoms with E-state index in [-0.39, 0.29) is 17.6 Å². The van der Waals surface area contributed by atoms with Crippen LogP contribution in [0.25, 0.3) is 10.8 Å². The maximum atomic E-state index is 14.6. The molecule has 47 heavy (non-hydrogen) atoms. The first-order valence-electron chi connectivity index (χ1n) is 16.0. The van der Waals surface area contributed by atoms with Crippen LogP contribution in [0.5, 0.6) is 11.5 Å². The molecule has 1 spiro atoms. The molecule has 0 saturated carbocycles. The van der Waals surface area contributed by atoms with Crippen LogP contribution < -0.4 is 10.5 Å². The van der Waals surface area contributed by atoms with E-state index in [2.05, 4.69) is 26.8 Å². The lowest BCUT2D eigenvalue weighted by Crippen LogP contribution is -2.58. The Hall–Kier alpha value is -4.47. The standard InChI is InChI=1S/C38H39NO8/c1-18-14-24(47-17-20-11-7-6-8-12-20)28-25-21(16-37(30(18)25)19(2)10-9-13-36(37,3)4)26-29(31(28)41)34(43)38(45)22(32(26)46-5)15-23(40)27(33(38)42)35(39)44/h6-8,10-12,14,22,32,41-42,45H,9,13,15-17H2,1-5H3,(H2,39,44)/t22-,32+,37+,38-/m1/s1. The van der Waals surface area contributed by atoms with E-state index in [0.29, 0.717) is 23.1 Å². The first-order valence-corrected chi connectivity index (χ1v) is 16.0. The molecule has 9 nitrogen and oxygen atoms in total. The van der Waals surface area contributed by atoms with Gasteiger partial charge in [0.1, 0.15) is 29.4 Å². The van der Waals surface area contributed by atoms with Gasteiger partial charge in [0.15, 0.2) is 11.4 Å². The molecule has 3 aromatic rings. The lowest BCUT2D eigenvalue weighted by atomic mass is 9.53. The molecule has 244 valence electrons. The van der Waals surface area contributed by atoms with Crippen molar-refractivity contribution in [2.24, 2.45) is 17.1 Å². The fraction of sp³-hybridized carbons (Fsp3) is 0.395. The van der Waals surface area contributed by atoms with Gasteiger partial charge in [0, 0.05) is 24.9 Å². The second kappa shape index (κ2) is 10.3. The Kier molecular flexibility index (Phi) is 6.80. The quantitative estimate of drug-likeness (QED) is 0.211. The van der Waals surface area contributed by atoms with Crippen LogP contribution >= 0.6 is 0 Å². The van der Waals surface area contributed by atoms with Gasteiger partial charge in [0.2, 0.25) is 5.78 Å². The van der Waals surface area contributed by atoms with Crippen LogP contribution in [0.15, 0.2) is 59.4 Å². The first kappa shape index (κ1) is 31.1. The summed E-state index contributed by atoms with van der Waals surface area (Å²) in [5.41, 5.74) is 6.20. The third kappa shape index (κ3) is 3.87. The van der Waals surface area contributed by atoms with E-state index < -0.39 is 64.0 Å². The summed E-state index contributed by atoms with van der Waals surface area (Å²) in [6, 6.07) is 11.5. The molecule has 7 rings (SSSR count). The highest BCUT2D eigenvalue weighted by atomic mass is 16.5. The van der Waals surface area contributed by atoms with Gasteiger partial charge in [-0.3, -0.25) is 14.4 Å². The summed E-state index contributed by atoms with van der Waals surface area (Å²) in [5, 5.41) is 36.7. The molecule has 3 aromatic carbocycles. The zero-order valence-electron chi connectivity index (χ0n) is 27.2. The number of methoxy groups -OCH3 is 1. The second-order valence-corrected chi connectivity index (χ2v) is 14.2. The number of ketones is 2. The highest BCUT2D eigenvalue weighted by molar-refractivity contribution is 6.23. The number of phenolic OH excluding ortho intramolecular Hbond substituents is 1. The molecule has 0 unspecified atom stereocenters. The summed E-state index contributed by atoms with van der Waals surface area (Å²) in [4.78, 5) is 40.0. The van der Waals surface area contributed by atoms with Gasteiger partial charge in [-0.15, -0.1) is 0 Å². The molecule has 4 aliphatic carbocycles. The predicted molar refractivity (Wildman–Crippen MR) is 174 cm³/mol. The molecule has 4 aliphatic rings. The Morgan fingerprint density at radius 1 is 1.09 bits per heavy atom. The minimum Gasteiger partial charge on any atom is -0.508 e. The van der Waals surface area contributed by atoms with E-state index in [1.54, 1.807) is 0 Å². The number of carbonyl (C=O) groups excluding carboxylic acids is 3. The van der Waals surface area contributed by atoms with Gasteiger partial charge < -0.3 is 30.5 Å². The monoisotopic (exact) mass is 637 g/mol. The smallest absolute Gasteiger partial charge is 0.255 e. The number of phenols is 1. The van der Waals surface area contributed by atoms with Crippen LogP contribution in [0.2, 0.25) is 0 Å². The normalized spacial score (nSPS) is 27.6. The average Bonchev–Trinajstić information content (AvgIpc) is 3.39. The van der Waals surface area contributed by atoms with Crippen LogP contribution in [-0.2, 0) is 32.8 Å². The Labute approximate surface area is 272 Å². The number of ether oxygens (including phenoxy) is 2. The van der Waals surface area contributed by atoms with Crippen molar-refractivity contribution in [1.29, 1.82) is 0 Å². The predicted octanol–water partition coefficient (Wildman–Crippen LogP) is 5.49. The summed E-state index contributed by atoms with van der Waals surface area (Å²) in [6.45, 7) is 8.87. The molecule has 4 atom stereocenters. The zero-order valence-corrected chi connectivity index (χ0v) is 27.2. The fourth-order valence-electron chi connectivity index (χ4n) is 9.30. The largest absolute Gasteiger partial charge is 0.508 e. The second-order valence-electron chi connectivity index (χ2n) is 14.2. The summed E-state index contributed by atoms with van der Waals surface area (Å²) in [7, 11) is 1.40. The Morgan fingerprint density at radius 2 is 1.79 bits per heavy atom. The van der Waals surface area contributed by atoms with Gasteiger partial charge in [-0.25, -0.2) is 0 Å². The van der Waals surface area contributed by atoms with Gasteiger partial charge in [0.25, 0.3) is 5.91 Å². The molecular formula is C38H39NO8. The number of benzene rings is 3. The Balaban J connectivity index is 1.59. The summed E-state index contributed by atoms with van der Waals surface area (Å²) < 4.78 is 12.4. The molecule has 1 amide bonds. The number of aliphatic hydroxyl groups excluding tert-OH is 1. The molecule has 5 N–H and O–H groups in total. The van der Waals surface area contributed by atoms with Crippen LogP contribution in [0.4, 0.5) is 0 Å². The number of aryl methyl sites for hydroxylation is 1. The number of primary amides is 1. The van der Waals surface area contributed by atoms with Gasteiger partial charge in [-0.2, -0.15) is 0 Å². The van der Waals surface area contributed by atoms with Crippen molar-refractivity contribution < 1.29 is 39.2 Å². The number of amides is 1. The minimum atomic E-state index is -2.74. The first-order chi connectivity index (χ1) is 22.2. The van der Waals surface area contributed by atoms with Gasteiger partial charge in [-0.1, -0.05) is 55.8 Å². The zero-order chi connectivity index (χ0) is 33.8. The van der Waals surface area contributed by atoms with Gasteiger partial charge >= 0.3 is 0 Å². The molecule has 9 heteroatoms. The number of aromatic hydroxyl groups is 1. The van der Waals surface area contributed by atoms with Crippen LogP contribution in [0.3, 0.4) is 0 Å². The average molecular weight is 638 g/mol. The minimum absolute atomic E-state index is 0.199. The number of nitrogens with two attached hydrogens (primary N) is 1. The number of hydrogen-bond donors (Lipinski definition) is 4. The van der Waals surface area contributed by atoms with E-state index in [9.17, 15) is 29.7 Å². The maximum absolute atomic E-state index is 14.6. The number of aliphatic hydroxyl groups is 2. The molecule has 0 heterocycles. The van der Waals surface area contributed by atoms with Crippen molar-refractivity contribution in [3.05, 3.63) is 92.8 Å². The summed E-state index contributed by atoms with van der Waals surface area (Å²) in [6.07, 6.45) is 3.03. The molecule has 0 bridgehead atoms. The van der Waals surface area contributed by atoms with E-state index in [0.717, 1.165) is 40.5 Å². The van der Waals surface area contributed by atoms with Crippen molar-refractivity contribution >= 4 is 28.2 Å². The van der Waals surface area contributed by atoms with E-state index in [1.807, 2.05) is 43.3 Å². The summed E-state index contributed by atoms with van der Waals surface area (Å²) in [5.74, 6) is -5.52. The molecule has 0 fully saturated rings. The molecule has 0 aromatic heterocycles. The lowest BCUT2D eigenvalue weighted by molar-refractivity contribution is -0.131. The number of rotatable bonds is 5. The van der Waals surface area contributed by atoms with Crippen molar-refractivity contribution in [3.63, 3.8) is 0 Å². The SMILES string of the molecule is CO[C@@H]1c2c(c(O)c3c(OCc4ccccc4)cc(C)c4c3c2C[C@]42C(C)=CCCC2(C)C)C(=O)[C@]2(O)C(O)=C(C(N)=O)C(=O)C[C@H]12. The van der Waals surface area contributed by atoms with E-state index in [4.69, 9.17) is 15.2 Å². The fourth-order valence-corrected chi connectivity index (χ4v) is 9.30. The molecular weight excluding hydrogens is 598 g/mol. The Bertz CT molecular complexity index is 1990. The van der Waals surface area contributed by atoms with Crippen LogP contribution in [0.1, 0.15) is 84.3 Å². The summed E-state index contributed by atoms with van der Waals surface area (Å²) >= 11 is 0. The van der Waals surface area contributed by atoms with E-state index in [1.165, 1.54) is 12.7 Å². The third-order valence-corrected chi connectivity index (χ3v) is 11.6. The number of carbonyl (C=O) groups is 3. The number of fused-ring (bicyclic) bond motifs is 4. The number of hydrogen-bond acceptors (Lipinski definition) is 8. The van der Waals surface area contributed by atoms with Gasteiger partial charge in [0.05, 0.1) is 17.1 Å². The number of allylic oxidation sites excluding steroid dienone is 2. The highest BCUT2D eigenvalue weighted by Crippen LogP contribution is 2.65. The van der Waals surface area contributed by atoms with Crippen LogP contribution in [0, 0.1) is 18.3 Å². The topological polar surface area (TPSA) is 156 Å². The van der Waals surface area contributed by atoms with Crippen molar-refractivity contribution in [2.45, 2.75) is 77.1 Å². The van der Waals surface area contributed by atoms with Crippen molar-refractivity contribution in [3.8, 4) is 11.5 Å². The van der Waals surface area contributed by atoms with E-state index >= 15 is 0 Å². The molecule has 0 saturated heterocycles.